The molecule has 3 rings (SSSR count). The minimum absolute atomic E-state index is 0.111. The van der Waals surface area contributed by atoms with Crippen molar-refractivity contribution >= 4 is 46.5 Å². The third kappa shape index (κ3) is 5.73. The molecule has 2 aromatic rings. The highest BCUT2D eigenvalue weighted by Crippen LogP contribution is 2.32. The van der Waals surface area contributed by atoms with E-state index < -0.39 is 5.97 Å². The van der Waals surface area contributed by atoms with E-state index in [2.05, 4.69) is 5.32 Å². The largest absolute Gasteiger partial charge is 0.497 e. The van der Waals surface area contributed by atoms with Crippen molar-refractivity contribution in [1.82, 2.24) is 4.90 Å². The third-order valence-electron chi connectivity index (χ3n) is 4.49. The normalized spacial score (nSPS) is 14.7. The number of thioether (sulfide) groups is 1. The summed E-state index contributed by atoms with van der Waals surface area (Å²) in [7, 11) is 1.57. The number of rotatable bonds is 8. The van der Waals surface area contributed by atoms with Crippen LogP contribution in [0.3, 0.4) is 0 Å². The highest BCUT2D eigenvalue weighted by Gasteiger charge is 2.34. The Hall–Kier alpha value is -3.59. The molecule has 2 N–H and O–H groups in total. The van der Waals surface area contributed by atoms with Gasteiger partial charge in [0.2, 0.25) is 5.91 Å². The summed E-state index contributed by atoms with van der Waals surface area (Å²) in [6, 6.07) is 12.9. The van der Waals surface area contributed by atoms with Gasteiger partial charge in [0.1, 0.15) is 5.75 Å². The van der Waals surface area contributed by atoms with E-state index in [0.717, 1.165) is 22.2 Å². The van der Waals surface area contributed by atoms with Gasteiger partial charge in [0.05, 0.1) is 17.6 Å². The fourth-order valence-corrected chi connectivity index (χ4v) is 3.73. The standard InChI is InChI=1S/C22H20N2O6S/c1-30-17-10-4-14(5-11-17)13-18-20(26)24(22(29)31-18)12-2-3-19(25)23-16-8-6-15(7-9-16)21(27)28/h4-11,13H,2-3,12H2,1H3,(H,23,25)(H,27,28)/b18-13+. The van der Waals surface area contributed by atoms with Crippen LogP contribution in [0.15, 0.2) is 53.4 Å². The summed E-state index contributed by atoms with van der Waals surface area (Å²) in [5.74, 6) is -1.02. The topological polar surface area (TPSA) is 113 Å². The molecule has 1 heterocycles. The Bertz CT molecular complexity index is 1030. The van der Waals surface area contributed by atoms with Crippen molar-refractivity contribution in [3.05, 3.63) is 64.6 Å². The number of carbonyl (C=O) groups is 4. The van der Waals surface area contributed by atoms with Crippen molar-refractivity contribution in [3.63, 3.8) is 0 Å². The Balaban J connectivity index is 1.51. The first-order chi connectivity index (χ1) is 14.9. The number of carbonyl (C=O) groups excluding carboxylic acids is 3. The molecule has 0 bridgehead atoms. The Morgan fingerprint density at radius 1 is 1.10 bits per heavy atom. The van der Waals surface area contributed by atoms with E-state index in [0.29, 0.717) is 22.8 Å². The predicted molar refractivity (Wildman–Crippen MR) is 117 cm³/mol. The molecule has 3 amide bonds. The lowest BCUT2D eigenvalue weighted by molar-refractivity contribution is -0.123. The summed E-state index contributed by atoms with van der Waals surface area (Å²) in [6.07, 6.45) is 2.07. The number of carboxylic acids is 1. The second kappa shape index (κ2) is 9.94. The van der Waals surface area contributed by atoms with Crippen LogP contribution < -0.4 is 10.1 Å². The molecule has 2 aromatic carbocycles. The number of hydrogen-bond acceptors (Lipinski definition) is 6. The maximum atomic E-state index is 12.5. The summed E-state index contributed by atoms with van der Waals surface area (Å²) in [4.78, 5) is 49.1. The van der Waals surface area contributed by atoms with E-state index in [4.69, 9.17) is 9.84 Å². The molecule has 1 fully saturated rings. The van der Waals surface area contributed by atoms with Gasteiger partial charge in [-0.2, -0.15) is 0 Å². The molecule has 0 aromatic heterocycles. The average Bonchev–Trinajstić information content (AvgIpc) is 3.02. The van der Waals surface area contributed by atoms with Crippen LogP contribution in [0, 0.1) is 0 Å². The van der Waals surface area contributed by atoms with E-state index in [1.54, 1.807) is 37.5 Å². The average molecular weight is 440 g/mol. The van der Waals surface area contributed by atoms with Gasteiger partial charge >= 0.3 is 5.97 Å². The lowest BCUT2D eigenvalue weighted by atomic mass is 10.2. The molecular weight excluding hydrogens is 420 g/mol. The van der Waals surface area contributed by atoms with Gasteiger partial charge < -0.3 is 15.2 Å². The minimum atomic E-state index is -1.05. The summed E-state index contributed by atoms with van der Waals surface area (Å²) in [5, 5.41) is 11.2. The van der Waals surface area contributed by atoms with Gasteiger partial charge in [-0.05, 0) is 66.2 Å². The maximum absolute atomic E-state index is 12.5. The molecule has 160 valence electrons. The molecular formula is C22H20N2O6S. The maximum Gasteiger partial charge on any atom is 0.335 e. The number of nitrogens with one attached hydrogen (secondary N) is 1. The summed E-state index contributed by atoms with van der Waals surface area (Å²) >= 11 is 0.870. The zero-order chi connectivity index (χ0) is 22.4. The highest BCUT2D eigenvalue weighted by atomic mass is 32.2. The van der Waals surface area contributed by atoms with Crippen LogP contribution in [0.5, 0.6) is 5.75 Å². The molecule has 1 saturated heterocycles. The number of methoxy groups -OCH3 is 1. The van der Waals surface area contributed by atoms with Crippen LogP contribution >= 0.6 is 11.8 Å². The molecule has 0 spiro atoms. The van der Waals surface area contributed by atoms with Crippen LogP contribution in [0.2, 0.25) is 0 Å². The van der Waals surface area contributed by atoms with Gasteiger partial charge in [-0.25, -0.2) is 4.79 Å². The zero-order valence-corrected chi connectivity index (χ0v) is 17.5. The molecule has 0 unspecified atom stereocenters. The minimum Gasteiger partial charge on any atom is -0.497 e. The van der Waals surface area contributed by atoms with Crippen molar-refractivity contribution in [1.29, 1.82) is 0 Å². The van der Waals surface area contributed by atoms with Crippen LogP contribution in [-0.4, -0.2) is 46.7 Å². The van der Waals surface area contributed by atoms with Crippen LogP contribution in [0.4, 0.5) is 10.5 Å². The van der Waals surface area contributed by atoms with Crippen molar-refractivity contribution < 1.29 is 29.0 Å². The van der Waals surface area contributed by atoms with Gasteiger partial charge in [-0.15, -0.1) is 0 Å². The molecule has 31 heavy (non-hydrogen) atoms. The van der Waals surface area contributed by atoms with Gasteiger partial charge in [0.25, 0.3) is 11.1 Å². The lowest BCUT2D eigenvalue weighted by Crippen LogP contribution is -2.29. The van der Waals surface area contributed by atoms with E-state index in [1.165, 1.54) is 24.3 Å². The van der Waals surface area contributed by atoms with Crippen molar-refractivity contribution in [2.45, 2.75) is 12.8 Å². The number of hydrogen-bond donors (Lipinski definition) is 2. The summed E-state index contributed by atoms with van der Waals surface area (Å²) in [6.45, 7) is 0.135. The Morgan fingerprint density at radius 2 is 1.77 bits per heavy atom. The van der Waals surface area contributed by atoms with E-state index in [1.807, 2.05) is 0 Å². The lowest BCUT2D eigenvalue weighted by Gasteiger charge is -2.12. The number of amides is 3. The highest BCUT2D eigenvalue weighted by molar-refractivity contribution is 8.18. The number of nitrogens with zero attached hydrogens (tertiary/aromatic N) is 1. The fraction of sp³-hybridized carbons (Fsp3) is 0.182. The molecule has 1 aliphatic rings. The third-order valence-corrected chi connectivity index (χ3v) is 5.40. The fourth-order valence-electron chi connectivity index (χ4n) is 2.86. The quantitative estimate of drug-likeness (QED) is 0.600. The van der Waals surface area contributed by atoms with E-state index in [-0.39, 0.29) is 35.6 Å². The second-order valence-corrected chi connectivity index (χ2v) is 7.63. The number of anilines is 1. The first kappa shape index (κ1) is 22.1. The molecule has 9 heteroatoms. The smallest absolute Gasteiger partial charge is 0.335 e. The number of aromatic carboxylic acids is 1. The second-order valence-electron chi connectivity index (χ2n) is 6.64. The number of benzene rings is 2. The Kier molecular flexibility index (Phi) is 7.09. The number of carboxylic acid groups (broad SMARTS) is 1. The van der Waals surface area contributed by atoms with E-state index >= 15 is 0 Å². The summed E-state index contributed by atoms with van der Waals surface area (Å²) in [5.41, 5.74) is 1.38. The van der Waals surface area contributed by atoms with Crippen molar-refractivity contribution in [2.24, 2.45) is 0 Å². The van der Waals surface area contributed by atoms with Crippen LogP contribution in [-0.2, 0) is 9.59 Å². The van der Waals surface area contributed by atoms with Gasteiger partial charge in [0.15, 0.2) is 0 Å². The molecule has 1 aliphatic heterocycles. The van der Waals surface area contributed by atoms with Gasteiger partial charge in [0, 0.05) is 18.7 Å². The molecule has 0 radical (unpaired) electrons. The van der Waals surface area contributed by atoms with Gasteiger partial charge in [-0.1, -0.05) is 12.1 Å². The Labute approximate surface area is 182 Å². The monoisotopic (exact) mass is 440 g/mol. The summed E-state index contributed by atoms with van der Waals surface area (Å²) < 4.78 is 5.10. The van der Waals surface area contributed by atoms with Crippen LogP contribution in [0.1, 0.15) is 28.8 Å². The molecule has 0 saturated carbocycles. The zero-order valence-electron chi connectivity index (χ0n) is 16.7. The molecule has 0 atom stereocenters. The van der Waals surface area contributed by atoms with Crippen LogP contribution in [0.25, 0.3) is 6.08 Å². The SMILES string of the molecule is COc1ccc(/C=C2/SC(=O)N(CCCC(=O)Nc3ccc(C(=O)O)cc3)C2=O)cc1. The Morgan fingerprint density at radius 3 is 2.39 bits per heavy atom. The predicted octanol–water partition coefficient (Wildman–Crippen LogP) is 3.85. The number of imide groups is 1. The first-order valence-electron chi connectivity index (χ1n) is 9.40. The molecule has 8 nitrogen and oxygen atoms in total. The number of ether oxygens (including phenoxy) is 1. The first-order valence-corrected chi connectivity index (χ1v) is 10.2. The molecule has 0 aliphatic carbocycles. The van der Waals surface area contributed by atoms with Crippen molar-refractivity contribution in [3.8, 4) is 5.75 Å². The van der Waals surface area contributed by atoms with Crippen molar-refractivity contribution in [2.75, 3.05) is 19.0 Å². The van der Waals surface area contributed by atoms with E-state index in [9.17, 15) is 19.2 Å². The van der Waals surface area contributed by atoms with Gasteiger partial charge in [-0.3, -0.25) is 19.3 Å².